The number of hydrogen-bond donors (Lipinski definition) is 0. The van der Waals surface area contributed by atoms with Gasteiger partial charge in [0.15, 0.2) is 11.5 Å². The van der Waals surface area contributed by atoms with E-state index < -0.39 is 4.92 Å². The first kappa shape index (κ1) is 14.9. The van der Waals surface area contributed by atoms with Crippen LogP contribution in [0.25, 0.3) is 6.08 Å². The third kappa shape index (κ3) is 2.81. The highest BCUT2D eigenvalue weighted by molar-refractivity contribution is 8.45. The van der Waals surface area contributed by atoms with Gasteiger partial charge in [-0.05, 0) is 29.7 Å². The Morgan fingerprint density at radius 3 is 2.86 bits per heavy atom. The number of nitro groups is 1. The lowest BCUT2D eigenvalue weighted by Gasteiger charge is -2.01. The standard InChI is InChI=1S/C13H10N2O5S2/c1-2-21-13-14-8(12(16)22-13)3-7-4-10-11(20-6-19-10)5-9(7)15(17)18/h3-5H,2,6H2,1H3/b8-3-. The quantitative estimate of drug-likeness (QED) is 0.475. The third-order valence-corrected chi connectivity index (χ3v) is 4.77. The van der Waals surface area contributed by atoms with Gasteiger partial charge in [0.25, 0.3) is 5.69 Å². The number of nitro benzene ring substituents is 1. The van der Waals surface area contributed by atoms with E-state index in [0.29, 0.717) is 15.9 Å². The molecule has 0 saturated heterocycles. The number of nitrogens with zero attached hydrogens (tertiary/aromatic N) is 2. The first-order valence-electron chi connectivity index (χ1n) is 6.32. The lowest BCUT2D eigenvalue weighted by atomic mass is 10.1. The minimum atomic E-state index is -0.521. The topological polar surface area (TPSA) is 91.0 Å². The van der Waals surface area contributed by atoms with Gasteiger partial charge in [0.1, 0.15) is 10.1 Å². The van der Waals surface area contributed by atoms with Crippen LogP contribution in [0.1, 0.15) is 12.5 Å². The number of ether oxygens (including phenoxy) is 2. The number of thioether (sulfide) groups is 2. The molecule has 2 aliphatic rings. The van der Waals surface area contributed by atoms with Crippen LogP contribution in [0.2, 0.25) is 0 Å². The maximum Gasteiger partial charge on any atom is 0.280 e. The zero-order chi connectivity index (χ0) is 15.7. The Morgan fingerprint density at radius 2 is 2.18 bits per heavy atom. The van der Waals surface area contributed by atoms with Gasteiger partial charge in [-0.3, -0.25) is 14.9 Å². The molecule has 9 heteroatoms. The summed E-state index contributed by atoms with van der Waals surface area (Å²) in [4.78, 5) is 26.8. The highest BCUT2D eigenvalue weighted by Crippen LogP contribution is 2.40. The maximum absolute atomic E-state index is 11.9. The van der Waals surface area contributed by atoms with Gasteiger partial charge in [-0.2, -0.15) is 0 Å². The van der Waals surface area contributed by atoms with E-state index in [9.17, 15) is 14.9 Å². The van der Waals surface area contributed by atoms with Gasteiger partial charge < -0.3 is 9.47 Å². The molecule has 3 rings (SSSR count). The smallest absolute Gasteiger partial charge is 0.280 e. The normalized spacial score (nSPS) is 18.0. The fourth-order valence-corrected chi connectivity index (χ4v) is 3.68. The van der Waals surface area contributed by atoms with Gasteiger partial charge in [-0.15, -0.1) is 0 Å². The van der Waals surface area contributed by atoms with Gasteiger partial charge in [-0.1, -0.05) is 18.7 Å². The number of hydrogen-bond acceptors (Lipinski definition) is 8. The number of carbonyl (C=O) groups is 1. The summed E-state index contributed by atoms with van der Waals surface area (Å²) < 4.78 is 11.0. The molecule has 0 aliphatic carbocycles. The molecule has 0 radical (unpaired) electrons. The van der Waals surface area contributed by atoms with E-state index in [2.05, 4.69) is 4.99 Å². The van der Waals surface area contributed by atoms with Gasteiger partial charge in [0, 0.05) is 0 Å². The molecule has 1 aromatic rings. The van der Waals surface area contributed by atoms with Crippen LogP contribution < -0.4 is 9.47 Å². The van der Waals surface area contributed by atoms with Gasteiger partial charge >= 0.3 is 0 Å². The zero-order valence-corrected chi connectivity index (χ0v) is 13.0. The molecule has 1 aromatic carbocycles. The van der Waals surface area contributed by atoms with Crippen LogP contribution in [0.5, 0.6) is 11.5 Å². The molecule has 0 fully saturated rings. The lowest BCUT2D eigenvalue weighted by Crippen LogP contribution is -1.94. The van der Waals surface area contributed by atoms with E-state index in [1.807, 2.05) is 6.92 Å². The van der Waals surface area contributed by atoms with Crippen molar-refractivity contribution in [1.82, 2.24) is 0 Å². The van der Waals surface area contributed by atoms with Crippen molar-refractivity contribution in [3.05, 3.63) is 33.5 Å². The second kappa shape index (κ2) is 6.01. The predicted molar refractivity (Wildman–Crippen MR) is 85.4 cm³/mol. The molecule has 0 N–H and O–H groups in total. The van der Waals surface area contributed by atoms with Gasteiger partial charge in [-0.25, -0.2) is 4.99 Å². The Hall–Kier alpha value is -2.00. The molecule has 0 spiro atoms. The highest BCUT2D eigenvalue weighted by Gasteiger charge is 2.26. The molecule has 2 heterocycles. The Bertz CT molecular complexity index is 729. The molecule has 0 amide bonds. The summed E-state index contributed by atoms with van der Waals surface area (Å²) in [5.74, 6) is 1.55. The number of rotatable bonds is 3. The molecule has 114 valence electrons. The molecular weight excluding hydrogens is 328 g/mol. The summed E-state index contributed by atoms with van der Waals surface area (Å²) in [5.41, 5.74) is 0.314. The van der Waals surface area contributed by atoms with Crippen molar-refractivity contribution in [2.45, 2.75) is 6.92 Å². The summed E-state index contributed by atoms with van der Waals surface area (Å²) >= 11 is 2.50. The van der Waals surface area contributed by atoms with Crippen molar-refractivity contribution < 1.29 is 19.2 Å². The molecule has 0 unspecified atom stereocenters. The van der Waals surface area contributed by atoms with Crippen molar-refractivity contribution in [2.24, 2.45) is 4.99 Å². The first-order valence-corrected chi connectivity index (χ1v) is 8.12. The number of fused-ring (bicyclic) bond motifs is 1. The first-order chi connectivity index (χ1) is 10.6. The van der Waals surface area contributed by atoms with Crippen molar-refractivity contribution in [3.8, 4) is 11.5 Å². The van der Waals surface area contributed by atoms with E-state index in [-0.39, 0.29) is 28.9 Å². The van der Waals surface area contributed by atoms with E-state index >= 15 is 0 Å². The average Bonchev–Trinajstić information content (AvgIpc) is 3.05. The van der Waals surface area contributed by atoms with E-state index in [1.54, 1.807) is 0 Å². The summed E-state index contributed by atoms with van der Waals surface area (Å²) in [6.07, 6.45) is 1.42. The second-order valence-electron chi connectivity index (χ2n) is 4.25. The Balaban J connectivity index is 2.03. The fraction of sp³-hybridized carbons (Fsp3) is 0.231. The van der Waals surface area contributed by atoms with E-state index in [0.717, 1.165) is 17.5 Å². The molecule has 0 aromatic heterocycles. The second-order valence-corrected chi connectivity index (χ2v) is 6.72. The number of benzene rings is 1. The Labute approximate surface area is 133 Å². The Kier molecular flexibility index (Phi) is 4.08. The van der Waals surface area contributed by atoms with Crippen LogP contribution in [0.3, 0.4) is 0 Å². The van der Waals surface area contributed by atoms with Crippen molar-refractivity contribution >= 4 is 44.8 Å². The molecule has 0 atom stereocenters. The van der Waals surface area contributed by atoms with Crippen LogP contribution in [0.15, 0.2) is 22.8 Å². The van der Waals surface area contributed by atoms with Crippen LogP contribution in [-0.2, 0) is 4.79 Å². The minimum Gasteiger partial charge on any atom is -0.454 e. The van der Waals surface area contributed by atoms with Crippen LogP contribution in [-0.4, -0.2) is 27.0 Å². The maximum atomic E-state index is 11.9. The van der Waals surface area contributed by atoms with E-state index in [1.165, 1.54) is 30.0 Å². The zero-order valence-electron chi connectivity index (χ0n) is 11.4. The molecule has 7 nitrogen and oxygen atoms in total. The van der Waals surface area contributed by atoms with E-state index in [4.69, 9.17) is 9.47 Å². The van der Waals surface area contributed by atoms with Crippen LogP contribution >= 0.6 is 23.5 Å². The number of carbonyl (C=O) groups excluding carboxylic acids is 1. The predicted octanol–water partition coefficient (Wildman–Crippen LogP) is 3.05. The van der Waals surface area contributed by atoms with Gasteiger partial charge in [0.05, 0.1) is 16.6 Å². The fourth-order valence-electron chi connectivity index (χ4n) is 1.94. The number of aliphatic imine (C=N–C) groups is 1. The molecule has 22 heavy (non-hydrogen) atoms. The molecule has 2 aliphatic heterocycles. The summed E-state index contributed by atoms with van der Waals surface area (Å²) in [7, 11) is 0. The SMILES string of the molecule is CCSC1=N/C(=C\c2cc3c(cc2[N+](=O)[O-])OCO3)C(=O)S1. The third-order valence-electron chi connectivity index (χ3n) is 2.88. The largest absolute Gasteiger partial charge is 0.454 e. The lowest BCUT2D eigenvalue weighted by molar-refractivity contribution is -0.385. The monoisotopic (exact) mass is 338 g/mol. The summed E-state index contributed by atoms with van der Waals surface area (Å²) in [6.45, 7) is 1.99. The van der Waals surface area contributed by atoms with Crippen molar-refractivity contribution in [1.29, 1.82) is 0 Å². The Morgan fingerprint density at radius 1 is 1.45 bits per heavy atom. The molecule has 0 bridgehead atoms. The average molecular weight is 338 g/mol. The summed E-state index contributed by atoms with van der Waals surface area (Å²) in [5, 5.41) is 11.0. The molecule has 0 saturated carbocycles. The van der Waals surface area contributed by atoms with Gasteiger partial charge in [0.2, 0.25) is 11.9 Å². The molecular formula is C13H10N2O5S2. The summed E-state index contributed by atoms with van der Waals surface area (Å²) in [6, 6.07) is 2.79. The minimum absolute atomic E-state index is 0.0245. The van der Waals surface area contributed by atoms with Crippen LogP contribution in [0, 0.1) is 10.1 Å². The van der Waals surface area contributed by atoms with Crippen LogP contribution in [0.4, 0.5) is 5.69 Å². The van der Waals surface area contributed by atoms with Crippen molar-refractivity contribution in [2.75, 3.05) is 12.5 Å². The van der Waals surface area contributed by atoms with Crippen molar-refractivity contribution in [3.63, 3.8) is 0 Å². The highest BCUT2D eigenvalue weighted by atomic mass is 32.2.